The zero-order chi connectivity index (χ0) is 24.9. The van der Waals surface area contributed by atoms with Crippen molar-refractivity contribution in [3.05, 3.63) is 126 Å². The molecule has 1 N–H and O–H groups in total. The number of anilines is 1. The van der Waals surface area contributed by atoms with Crippen molar-refractivity contribution >= 4 is 11.6 Å². The van der Waals surface area contributed by atoms with Gasteiger partial charge in [0.1, 0.15) is 12.1 Å². The Labute approximate surface area is 209 Å². The van der Waals surface area contributed by atoms with Crippen LogP contribution in [-0.4, -0.2) is 25.7 Å². The number of aromatic nitrogens is 4. The van der Waals surface area contributed by atoms with Gasteiger partial charge in [-0.3, -0.25) is 9.36 Å². The molecule has 0 atom stereocenters. The van der Waals surface area contributed by atoms with Crippen LogP contribution in [0.2, 0.25) is 0 Å². The summed E-state index contributed by atoms with van der Waals surface area (Å²) in [5.41, 5.74) is 4.51. The van der Waals surface area contributed by atoms with E-state index in [1.165, 1.54) is 0 Å². The van der Waals surface area contributed by atoms with Crippen LogP contribution in [-0.2, 0) is 4.79 Å². The number of carbonyl (C=O) groups excluding carboxylic acids is 1. The van der Waals surface area contributed by atoms with E-state index in [0.717, 1.165) is 22.5 Å². The number of nitrogens with one attached hydrogen (secondary N) is 1. The standard InChI is InChI=1S/C29H25N5O2/c1-20-21(2)34(19-30-20)26-17-18-27(33-32-26)36-25-15-13-24(14-16-25)31-29(35)28(22-9-5-3-6-10-22)23-11-7-4-8-12-23/h3-19,28H,1-2H3,(H,31,35). The van der Waals surface area contributed by atoms with Crippen molar-refractivity contribution in [2.24, 2.45) is 0 Å². The van der Waals surface area contributed by atoms with Crippen LogP contribution in [0.25, 0.3) is 5.82 Å². The van der Waals surface area contributed by atoms with E-state index < -0.39 is 5.92 Å². The van der Waals surface area contributed by atoms with Gasteiger partial charge < -0.3 is 10.1 Å². The minimum absolute atomic E-state index is 0.104. The average Bonchev–Trinajstić information content (AvgIpc) is 3.25. The highest BCUT2D eigenvalue weighted by atomic mass is 16.5. The Bertz CT molecular complexity index is 1410. The fourth-order valence-corrected chi connectivity index (χ4v) is 3.95. The molecular weight excluding hydrogens is 450 g/mol. The Morgan fingerprint density at radius 2 is 1.44 bits per heavy atom. The summed E-state index contributed by atoms with van der Waals surface area (Å²) >= 11 is 0. The van der Waals surface area contributed by atoms with Crippen molar-refractivity contribution < 1.29 is 9.53 Å². The first-order chi connectivity index (χ1) is 17.6. The summed E-state index contributed by atoms with van der Waals surface area (Å²) in [4.78, 5) is 17.6. The second-order valence-corrected chi connectivity index (χ2v) is 8.39. The molecule has 7 heteroatoms. The maximum Gasteiger partial charge on any atom is 0.238 e. The van der Waals surface area contributed by atoms with E-state index in [0.29, 0.717) is 23.1 Å². The van der Waals surface area contributed by atoms with E-state index in [4.69, 9.17) is 4.74 Å². The molecule has 0 unspecified atom stereocenters. The molecule has 0 bridgehead atoms. The van der Waals surface area contributed by atoms with Gasteiger partial charge in [0, 0.05) is 17.4 Å². The molecule has 36 heavy (non-hydrogen) atoms. The Hall–Kier alpha value is -4.78. The number of amides is 1. The number of carbonyl (C=O) groups is 1. The van der Waals surface area contributed by atoms with E-state index >= 15 is 0 Å². The van der Waals surface area contributed by atoms with Crippen LogP contribution in [0.15, 0.2) is 103 Å². The number of ether oxygens (including phenoxy) is 1. The van der Waals surface area contributed by atoms with Crippen LogP contribution < -0.4 is 10.1 Å². The average molecular weight is 476 g/mol. The molecule has 5 aromatic rings. The van der Waals surface area contributed by atoms with Gasteiger partial charge in [-0.2, -0.15) is 0 Å². The van der Waals surface area contributed by atoms with E-state index in [-0.39, 0.29) is 5.91 Å². The van der Waals surface area contributed by atoms with Gasteiger partial charge in [0.15, 0.2) is 5.82 Å². The molecule has 2 heterocycles. The first-order valence-electron chi connectivity index (χ1n) is 11.6. The minimum Gasteiger partial charge on any atom is -0.438 e. The largest absolute Gasteiger partial charge is 0.438 e. The van der Waals surface area contributed by atoms with E-state index in [2.05, 4.69) is 20.5 Å². The molecule has 0 aliphatic heterocycles. The normalized spacial score (nSPS) is 10.9. The van der Waals surface area contributed by atoms with E-state index in [1.807, 2.05) is 85.1 Å². The lowest BCUT2D eigenvalue weighted by Gasteiger charge is -2.18. The van der Waals surface area contributed by atoms with Gasteiger partial charge in [-0.15, -0.1) is 10.2 Å². The maximum absolute atomic E-state index is 13.3. The highest BCUT2D eigenvalue weighted by molar-refractivity contribution is 5.98. The van der Waals surface area contributed by atoms with Crippen molar-refractivity contribution in [2.45, 2.75) is 19.8 Å². The molecular formula is C29H25N5O2. The topological polar surface area (TPSA) is 81.9 Å². The van der Waals surface area contributed by atoms with Crippen molar-refractivity contribution in [1.29, 1.82) is 0 Å². The zero-order valence-electron chi connectivity index (χ0n) is 20.0. The fraction of sp³-hybridized carbons (Fsp3) is 0.103. The van der Waals surface area contributed by atoms with Crippen LogP contribution in [0.4, 0.5) is 5.69 Å². The minimum atomic E-state index is -0.417. The lowest BCUT2D eigenvalue weighted by Crippen LogP contribution is -2.22. The Kier molecular flexibility index (Phi) is 6.53. The number of rotatable bonds is 7. The number of benzene rings is 3. The van der Waals surface area contributed by atoms with Gasteiger partial charge in [0.25, 0.3) is 0 Å². The molecule has 0 fully saturated rings. The maximum atomic E-state index is 13.3. The van der Waals surface area contributed by atoms with Gasteiger partial charge in [0.05, 0.1) is 11.6 Å². The van der Waals surface area contributed by atoms with Gasteiger partial charge in [-0.1, -0.05) is 60.7 Å². The molecule has 0 radical (unpaired) electrons. The molecule has 0 spiro atoms. The van der Waals surface area contributed by atoms with Crippen LogP contribution in [0.5, 0.6) is 11.6 Å². The zero-order valence-corrected chi connectivity index (χ0v) is 20.0. The van der Waals surface area contributed by atoms with E-state index in [1.54, 1.807) is 36.7 Å². The number of hydrogen-bond acceptors (Lipinski definition) is 5. The first-order valence-corrected chi connectivity index (χ1v) is 11.6. The molecule has 0 aliphatic carbocycles. The van der Waals surface area contributed by atoms with Gasteiger partial charge in [-0.25, -0.2) is 4.98 Å². The van der Waals surface area contributed by atoms with Crippen LogP contribution in [0, 0.1) is 13.8 Å². The molecule has 5 rings (SSSR count). The van der Waals surface area contributed by atoms with Crippen molar-refractivity contribution in [3.8, 4) is 17.4 Å². The van der Waals surface area contributed by atoms with Crippen molar-refractivity contribution in [3.63, 3.8) is 0 Å². The Morgan fingerprint density at radius 1 is 0.806 bits per heavy atom. The molecule has 0 saturated heterocycles. The lowest BCUT2D eigenvalue weighted by molar-refractivity contribution is -0.116. The molecule has 7 nitrogen and oxygen atoms in total. The predicted molar refractivity (Wildman–Crippen MR) is 139 cm³/mol. The van der Waals surface area contributed by atoms with Crippen LogP contribution in [0.3, 0.4) is 0 Å². The molecule has 0 saturated carbocycles. The highest BCUT2D eigenvalue weighted by Crippen LogP contribution is 2.27. The Morgan fingerprint density at radius 3 is 1.97 bits per heavy atom. The third-order valence-electron chi connectivity index (χ3n) is 6.00. The number of aryl methyl sites for hydroxylation is 1. The second-order valence-electron chi connectivity index (χ2n) is 8.39. The van der Waals surface area contributed by atoms with Crippen LogP contribution in [0.1, 0.15) is 28.4 Å². The molecule has 2 aromatic heterocycles. The van der Waals surface area contributed by atoms with Gasteiger partial charge in [-0.05, 0) is 55.3 Å². The van der Waals surface area contributed by atoms with Crippen molar-refractivity contribution in [2.75, 3.05) is 5.32 Å². The third-order valence-corrected chi connectivity index (χ3v) is 6.00. The fourth-order valence-electron chi connectivity index (χ4n) is 3.95. The van der Waals surface area contributed by atoms with Gasteiger partial charge >= 0.3 is 0 Å². The van der Waals surface area contributed by atoms with E-state index in [9.17, 15) is 4.79 Å². The number of hydrogen-bond donors (Lipinski definition) is 1. The number of nitrogens with zero attached hydrogens (tertiary/aromatic N) is 4. The third kappa shape index (κ3) is 5.00. The number of imidazole rings is 1. The summed E-state index contributed by atoms with van der Waals surface area (Å²) in [6.07, 6.45) is 1.72. The quantitative estimate of drug-likeness (QED) is 0.320. The molecule has 1 amide bonds. The summed E-state index contributed by atoms with van der Waals surface area (Å²) < 4.78 is 7.72. The second kappa shape index (κ2) is 10.2. The van der Waals surface area contributed by atoms with Gasteiger partial charge in [0.2, 0.25) is 11.8 Å². The van der Waals surface area contributed by atoms with Crippen molar-refractivity contribution in [1.82, 2.24) is 19.7 Å². The summed E-state index contributed by atoms with van der Waals surface area (Å²) in [5.74, 6) is 1.11. The molecule has 3 aromatic carbocycles. The van der Waals surface area contributed by atoms with Crippen LogP contribution >= 0.6 is 0 Å². The SMILES string of the molecule is Cc1ncn(-c2ccc(Oc3ccc(NC(=O)C(c4ccccc4)c4ccccc4)cc3)nn2)c1C. The Balaban J connectivity index is 1.27. The summed E-state index contributed by atoms with van der Waals surface area (Å²) in [6.45, 7) is 3.93. The monoisotopic (exact) mass is 475 g/mol. The molecule has 0 aliphatic rings. The molecule has 178 valence electrons. The lowest BCUT2D eigenvalue weighted by atomic mass is 9.90. The summed E-state index contributed by atoms with van der Waals surface area (Å²) in [7, 11) is 0. The first kappa shape index (κ1) is 23.0. The summed E-state index contributed by atoms with van der Waals surface area (Å²) in [5, 5.41) is 11.4. The summed E-state index contributed by atoms with van der Waals surface area (Å²) in [6, 6.07) is 30.3. The predicted octanol–water partition coefficient (Wildman–Crippen LogP) is 5.84. The highest BCUT2D eigenvalue weighted by Gasteiger charge is 2.22. The smallest absolute Gasteiger partial charge is 0.238 e.